The lowest BCUT2D eigenvalue weighted by atomic mass is 9.91. The molecule has 88 valence electrons. The fourth-order valence-corrected chi connectivity index (χ4v) is 4.16. The summed E-state index contributed by atoms with van der Waals surface area (Å²) in [7, 11) is 0. The molecule has 1 saturated carbocycles. The molecule has 0 spiro atoms. The fourth-order valence-electron chi connectivity index (χ4n) is 2.03. The average Bonchev–Trinajstić information content (AvgIpc) is 2.70. The first-order chi connectivity index (χ1) is 7.65. The van der Waals surface area contributed by atoms with Crippen LogP contribution in [-0.2, 0) is 0 Å². The summed E-state index contributed by atoms with van der Waals surface area (Å²) in [5.74, 6) is 0.0584. The summed E-state index contributed by atoms with van der Waals surface area (Å²) in [6.07, 6.45) is 5.16. The van der Waals surface area contributed by atoms with Crippen molar-refractivity contribution in [3.05, 3.63) is 16.3 Å². The molecule has 1 aromatic heterocycles. The van der Waals surface area contributed by atoms with Crippen molar-refractivity contribution < 1.29 is 9.90 Å². The van der Waals surface area contributed by atoms with Gasteiger partial charge in [-0.1, -0.05) is 6.92 Å². The van der Waals surface area contributed by atoms with E-state index in [1.54, 1.807) is 6.07 Å². The molecule has 0 radical (unpaired) electrons. The molecule has 1 aliphatic carbocycles. The summed E-state index contributed by atoms with van der Waals surface area (Å²) in [4.78, 5) is 12.3. The van der Waals surface area contributed by atoms with Gasteiger partial charge < -0.3 is 5.11 Å². The zero-order valence-corrected chi connectivity index (χ0v) is 10.9. The SMILES string of the molecule is CC1CCC(Sc2csc(C(=O)O)c2)CC1. The number of rotatable bonds is 3. The highest BCUT2D eigenvalue weighted by atomic mass is 32.2. The van der Waals surface area contributed by atoms with E-state index in [4.69, 9.17) is 5.11 Å². The highest BCUT2D eigenvalue weighted by Gasteiger charge is 2.19. The van der Waals surface area contributed by atoms with Crippen LogP contribution in [0.4, 0.5) is 0 Å². The van der Waals surface area contributed by atoms with Gasteiger partial charge in [0, 0.05) is 15.5 Å². The van der Waals surface area contributed by atoms with Crippen LogP contribution in [-0.4, -0.2) is 16.3 Å². The Bertz CT molecular complexity index is 365. The van der Waals surface area contributed by atoms with Crippen LogP contribution in [0.5, 0.6) is 0 Å². The molecule has 2 rings (SSSR count). The van der Waals surface area contributed by atoms with Gasteiger partial charge in [0.2, 0.25) is 0 Å². The number of carboxylic acid groups (broad SMARTS) is 1. The largest absolute Gasteiger partial charge is 0.477 e. The standard InChI is InChI=1S/C12H16O2S2/c1-8-2-4-9(5-3-8)16-10-6-11(12(13)14)15-7-10/h6-9H,2-5H2,1H3,(H,13,14). The van der Waals surface area contributed by atoms with Crippen molar-refractivity contribution in [3.8, 4) is 0 Å². The maximum Gasteiger partial charge on any atom is 0.345 e. The molecular formula is C12H16O2S2. The van der Waals surface area contributed by atoms with Crippen LogP contribution in [0.3, 0.4) is 0 Å². The quantitative estimate of drug-likeness (QED) is 0.884. The molecule has 0 amide bonds. The third kappa shape index (κ3) is 3.01. The van der Waals surface area contributed by atoms with E-state index < -0.39 is 5.97 Å². The number of aromatic carboxylic acids is 1. The normalized spacial score (nSPS) is 25.6. The Labute approximate surface area is 104 Å². The Kier molecular flexibility index (Phi) is 3.92. The fraction of sp³-hybridized carbons (Fsp3) is 0.583. The second-order valence-electron chi connectivity index (χ2n) is 4.45. The number of hydrogen-bond donors (Lipinski definition) is 1. The van der Waals surface area contributed by atoms with E-state index in [0.29, 0.717) is 10.1 Å². The Hall–Kier alpha value is -0.480. The number of carboxylic acids is 1. The van der Waals surface area contributed by atoms with Gasteiger partial charge in [-0.2, -0.15) is 0 Å². The van der Waals surface area contributed by atoms with E-state index in [1.165, 1.54) is 37.0 Å². The number of thiophene rings is 1. The van der Waals surface area contributed by atoms with E-state index in [9.17, 15) is 4.79 Å². The molecular weight excluding hydrogens is 240 g/mol. The van der Waals surface area contributed by atoms with Crippen molar-refractivity contribution >= 4 is 29.1 Å². The lowest BCUT2D eigenvalue weighted by Gasteiger charge is -2.25. The summed E-state index contributed by atoms with van der Waals surface area (Å²) in [5, 5.41) is 11.5. The van der Waals surface area contributed by atoms with Gasteiger partial charge in [0.05, 0.1) is 0 Å². The second kappa shape index (κ2) is 5.23. The Balaban J connectivity index is 1.91. The van der Waals surface area contributed by atoms with Gasteiger partial charge in [-0.15, -0.1) is 23.1 Å². The zero-order chi connectivity index (χ0) is 11.5. The zero-order valence-electron chi connectivity index (χ0n) is 9.31. The Morgan fingerprint density at radius 1 is 1.44 bits per heavy atom. The number of carbonyl (C=O) groups is 1. The second-order valence-corrected chi connectivity index (χ2v) is 6.74. The first-order valence-electron chi connectivity index (χ1n) is 5.63. The molecule has 0 aromatic carbocycles. The predicted octanol–water partition coefficient (Wildman–Crippen LogP) is 4.12. The van der Waals surface area contributed by atoms with E-state index in [2.05, 4.69) is 6.92 Å². The number of thioether (sulfide) groups is 1. The Morgan fingerprint density at radius 3 is 2.69 bits per heavy atom. The third-order valence-electron chi connectivity index (χ3n) is 3.05. The smallest absolute Gasteiger partial charge is 0.345 e. The van der Waals surface area contributed by atoms with E-state index in [1.807, 2.05) is 17.1 Å². The van der Waals surface area contributed by atoms with Gasteiger partial charge in [-0.3, -0.25) is 0 Å². The monoisotopic (exact) mass is 256 g/mol. The van der Waals surface area contributed by atoms with Gasteiger partial charge in [0.15, 0.2) is 0 Å². The van der Waals surface area contributed by atoms with E-state index in [0.717, 1.165) is 10.8 Å². The summed E-state index contributed by atoms with van der Waals surface area (Å²) in [6, 6.07) is 1.80. The lowest BCUT2D eigenvalue weighted by Crippen LogP contribution is -2.13. The van der Waals surface area contributed by atoms with Gasteiger partial charge in [0.25, 0.3) is 0 Å². The molecule has 0 unspecified atom stereocenters. The molecule has 1 N–H and O–H groups in total. The molecule has 0 bridgehead atoms. The molecule has 1 fully saturated rings. The number of hydrogen-bond acceptors (Lipinski definition) is 3. The van der Waals surface area contributed by atoms with E-state index >= 15 is 0 Å². The van der Waals surface area contributed by atoms with Crippen LogP contribution < -0.4 is 0 Å². The maximum atomic E-state index is 10.8. The van der Waals surface area contributed by atoms with Crippen LogP contribution in [0.25, 0.3) is 0 Å². The molecule has 1 aromatic rings. The molecule has 16 heavy (non-hydrogen) atoms. The summed E-state index contributed by atoms with van der Waals surface area (Å²) >= 11 is 3.18. The topological polar surface area (TPSA) is 37.3 Å². The van der Waals surface area contributed by atoms with Gasteiger partial charge in [-0.05, 0) is 37.7 Å². The minimum absolute atomic E-state index is 0.451. The highest BCUT2D eigenvalue weighted by molar-refractivity contribution is 8.00. The third-order valence-corrected chi connectivity index (χ3v) is 5.43. The maximum absolute atomic E-state index is 10.8. The summed E-state index contributed by atoms with van der Waals surface area (Å²) in [5.41, 5.74) is 0. The van der Waals surface area contributed by atoms with Crippen molar-refractivity contribution in [2.75, 3.05) is 0 Å². The first kappa shape index (κ1) is 12.0. The molecule has 0 atom stereocenters. The summed E-state index contributed by atoms with van der Waals surface area (Å²) in [6.45, 7) is 2.31. The van der Waals surface area contributed by atoms with Crippen LogP contribution in [0.1, 0.15) is 42.3 Å². The van der Waals surface area contributed by atoms with Crippen LogP contribution in [0, 0.1) is 5.92 Å². The van der Waals surface area contributed by atoms with Crippen LogP contribution in [0.15, 0.2) is 16.3 Å². The first-order valence-corrected chi connectivity index (χ1v) is 7.39. The molecule has 4 heteroatoms. The minimum atomic E-state index is -0.811. The Morgan fingerprint density at radius 2 is 2.12 bits per heavy atom. The average molecular weight is 256 g/mol. The predicted molar refractivity (Wildman–Crippen MR) is 68.6 cm³/mol. The van der Waals surface area contributed by atoms with E-state index in [-0.39, 0.29) is 0 Å². The van der Waals surface area contributed by atoms with Gasteiger partial charge >= 0.3 is 5.97 Å². The van der Waals surface area contributed by atoms with Crippen molar-refractivity contribution in [1.29, 1.82) is 0 Å². The lowest BCUT2D eigenvalue weighted by molar-refractivity contribution is 0.0702. The highest BCUT2D eigenvalue weighted by Crippen LogP contribution is 2.37. The van der Waals surface area contributed by atoms with Crippen LogP contribution in [0.2, 0.25) is 0 Å². The van der Waals surface area contributed by atoms with Crippen molar-refractivity contribution in [2.45, 2.75) is 42.8 Å². The van der Waals surface area contributed by atoms with Crippen molar-refractivity contribution in [1.82, 2.24) is 0 Å². The van der Waals surface area contributed by atoms with Crippen molar-refractivity contribution in [3.63, 3.8) is 0 Å². The van der Waals surface area contributed by atoms with Crippen LogP contribution >= 0.6 is 23.1 Å². The molecule has 0 aliphatic heterocycles. The summed E-state index contributed by atoms with van der Waals surface area (Å²) < 4.78 is 0. The molecule has 1 heterocycles. The van der Waals surface area contributed by atoms with Gasteiger partial charge in [0.1, 0.15) is 4.88 Å². The molecule has 2 nitrogen and oxygen atoms in total. The van der Waals surface area contributed by atoms with Gasteiger partial charge in [-0.25, -0.2) is 4.79 Å². The minimum Gasteiger partial charge on any atom is -0.477 e. The molecule has 0 saturated heterocycles. The molecule has 1 aliphatic rings. The van der Waals surface area contributed by atoms with Crippen molar-refractivity contribution in [2.24, 2.45) is 5.92 Å².